The van der Waals surface area contributed by atoms with E-state index in [4.69, 9.17) is 9.52 Å². The van der Waals surface area contributed by atoms with Gasteiger partial charge in [0.05, 0.1) is 0 Å². The standard InChI is InChI=1S/C9H10O3/c1-5-8(9(10)11)6-3-2-4-7(6)12-5/h2-4H2,1H3,(H,10,11). The second-order valence-corrected chi connectivity index (χ2v) is 3.09. The van der Waals surface area contributed by atoms with Crippen LogP contribution in [0.4, 0.5) is 0 Å². The SMILES string of the molecule is Cc1oc2c(c1C(=O)O)CCC2. The highest BCUT2D eigenvalue weighted by Crippen LogP contribution is 2.30. The molecule has 0 saturated carbocycles. The van der Waals surface area contributed by atoms with E-state index in [2.05, 4.69) is 0 Å². The van der Waals surface area contributed by atoms with Gasteiger partial charge in [-0.05, 0) is 19.8 Å². The van der Waals surface area contributed by atoms with E-state index in [0.717, 1.165) is 30.6 Å². The van der Waals surface area contributed by atoms with Crippen molar-refractivity contribution < 1.29 is 14.3 Å². The number of carbonyl (C=O) groups is 1. The highest BCUT2D eigenvalue weighted by Gasteiger charge is 2.25. The van der Waals surface area contributed by atoms with Crippen molar-refractivity contribution in [1.29, 1.82) is 0 Å². The number of rotatable bonds is 1. The predicted molar refractivity (Wildman–Crippen MR) is 42.4 cm³/mol. The van der Waals surface area contributed by atoms with E-state index >= 15 is 0 Å². The fourth-order valence-electron chi connectivity index (χ4n) is 1.82. The summed E-state index contributed by atoms with van der Waals surface area (Å²) in [5.41, 5.74) is 1.31. The van der Waals surface area contributed by atoms with Crippen LogP contribution >= 0.6 is 0 Å². The smallest absolute Gasteiger partial charge is 0.339 e. The largest absolute Gasteiger partial charge is 0.478 e. The number of aryl methyl sites for hydroxylation is 2. The van der Waals surface area contributed by atoms with Crippen molar-refractivity contribution in [2.24, 2.45) is 0 Å². The van der Waals surface area contributed by atoms with Gasteiger partial charge >= 0.3 is 5.97 Å². The highest BCUT2D eigenvalue weighted by molar-refractivity contribution is 5.91. The molecule has 1 N–H and O–H groups in total. The summed E-state index contributed by atoms with van der Waals surface area (Å²) in [6.45, 7) is 1.71. The van der Waals surface area contributed by atoms with Crippen LogP contribution in [0.5, 0.6) is 0 Å². The van der Waals surface area contributed by atoms with Crippen molar-refractivity contribution in [3.05, 3.63) is 22.6 Å². The Balaban J connectivity index is 2.59. The highest BCUT2D eigenvalue weighted by atomic mass is 16.4. The number of carboxylic acids is 1. The minimum Gasteiger partial charge on any atom is -0.478 e. The van der Waals surface area contributed by atoms with Gasteiger partial charge in [0.25, 0.3) is 0 Å². The Morgan fingerprint density at radius 3 is 2.92 bits per heavy atom. The maximum Gasteiger partial charge on any atom is 0.339 e. The second-order valence-electron chi connectivity index (χ2n) is 3.09. The lowest BCUT2D eigenvalue weighted by molar-refractivity contribution is 0.0694. The summed E-state index contributed by atoms with van der Waals surface area (Å²) in [5, 5.41) is 8.86. The van der Waals surface area contributed by atoms with Gasteiger partial charge in [-0.15, -0.1) is 0 Å². The Hall–Kier alpha value is -1.25. The normalized spacial score (nSPS) is 14.8. The summed E-state index contributed by atoms with van der Waals surface area (Å²) < 4.78 is 5.34. The molecule has 0 fully saturated rings. The van der Waals surface area contributed by atoms with E-state index in [9.17, 15) is 4.79 Å². The first-order chi connectivity index (χ1) is 5.70. The Bertz CT molecular complexity index is 336. The molecule has 0 amide bonds. The number of furan rings is 1. The van der Waals surface area contributed by atoms with E-state index in [1.165, 1.54) is 0 Å². The molecule has 0 atom stereocenters. The van der Waals surface area contributed by atoms with Crippen molar-refractivity contribution >= 4 is 5.97 Å². The Morgan fingerprint density at radius 1 is 1.50 bits per heavy atom. The molecule has 0 saturated heterocycles. The molecule has 2 rings (SSSR count). The molecule has 0 aromatic carbocycles. The van der Waals surface area contributed by atoms with E-state index < -0.39 is 5.97 Å². The first-order valence-electron chi connectivity index (χ1n) is 4.04. The van der Waals surface area contributed by atoms with Crippen LogP contribution < -0.4 is 0 Å². The van der Waals surface area contributed by atoms with Gasteiger partial charge < -0.3 is 9.52 Å². The van der Waals surface area contributed by atoms with Crippen molar-refractivity contribution in [3.63, 3.8) is 0 Å². The molecule has 0 unspecified atom stereocenters. The number of aromatic carboxylic acids is 1. The van der Waals surface area contributed by atoms with Gasteiger partial charge in [0.2, 0.25) is 0 Å². The third-order valence-corrected chi connectivity index (χ3v) is 2.31. The zero-order valence-electron chi connectivity index (χ0n) is 6.89. The van der Waals surface area contributed by atoms with Crippen LogP contribution in [0.3, 0.4) is 0 Å². The monoisotopic (exact) mass is 166 g/mol. The van der Waals surface area contributed by atoms with Crippen molar-refractivity contribution in [3.8, 4) is 0 Å². The van der Waals surface area contributed by atoms with Crippen LogP contribution in [-0.2, 0) is 12.8 Å². The number of fused-ring (bicyclic) bond motifs is 1. The van der Waals surface area contributed by atoms with Crippen LogP contribution in [0, 0.1) is 6.92 Å². The van der Waals surface area contributed by atoms with Gasteiger partial charge in [-0.25, -0.2) is 4.79 Å². The Kier molecular flexibility index (Phi) is 1.46. The minimum atomic E-state index is -0.862. The molecule has 1 aromatic rings. The molecule has 1 aliphatic carbocycles. The molecule has 1 heterocycles. The van der Waals surface area contributed by atoms with E-state index in [1.54, 1.807) is 6.92 Å². The van der Waals surface area contributed by atoms with E-state index in [-0.39, 0.29) is 0 Å². The van der Waals surface area contributed by atoms with Crippen LogP contribution in [0.1, 0.15) is 33.9 Å². The zero-order chi connectivity index (χ0) is 8.72. The van der Waals surface area contributed by atoms with E-state index in [1.807, 2.05) is 0 Å². The number of hydrogen-bond donors (Lipinski definition) is 1. The lowest BCUT2D eigenvalue weighted by Crippen LogP contribution is -1.99. The van der Waals surface area contributed by atoms with Crippen LogP contribution in [0.25, 0.3) is 0 Å². The topological polar surface area (TPSA) is 50.4 Å². The number of hydrogen-bond acceptors (Lipinski definition) is 2. The molecule has 0 spiro atoms. The third-order valence-electron chi connectivity index (χ3n) is 2.31. The minimum absolute atomic E-state index is 0.391. The van der Waals surface area contributed by atoms with Gasteiger partial charge in [0.1, 0.15) is 17.1 Å². The summed E-state index contributed by atoms with van der Waals surface area (Å²) in [7, 11) is 0. The molecule has 3 heteroatoms. The molecule has 0 radical (unpaired) electrons. The summed E-state index contributed by atoms with van der Waals surface area (Å²) in [6.07, 6.45) is 2.77. The fraction of sp³-hybridized carbons (Fsp3) is 0.444. The van der Waals surface area contributed by atoms with Gasteiger partial charge in [0.15, 0.2) is 0 Å². The summed E-state index contributed by atoms with van der Waals surface area (Å²) in [6, 6.07) is 0. The Labute approximate surface area is 70.0 Å². The molecular formula is C9H10O3. The molecule has 1 aliphatic rings. The average molecular weight is 166 g/mol. The molecule has 3 nitrogen and oxygen atoms in total. The van der Waals surface area contributed by atoms with E-state index in [0.29, 0.717) is 11.3 Å². The fourth-order valence-corrected chi connectivity index (χ4v) is 1.82. The number of carboxylic acid groups (broad SMARTS) is 1. The molecular weight excluding hydrogens is 156 g/mol. The zero-order valence-corrected chi connectivity index (χ0v) is 6.89. The second kappa shape index (κ2) is 2.37. The van der Waals surface area contributed by atoms with Crippen LogP contribution in [-0.4, -0.2) is 11.1 Å². The Morgan fingerprint density at radius 2 is 2.25 bits per heavy atom. The lowest BCUT2D eigenvalue weighted by atomic mass is 10.1. The summed E-state index contributed by atoms with van der Waals surface area (Å²) in [5.74, 6) is 0.566. The van der Waals surface area contributed by atoms with Gasteiger partial charge in [-0.3, -0.25) is 0 Å². The molecule has 12 heavy (non-hydrogen) atoms. The van der Waals surface area contributed by atoms with Gasteiger partial charge in [-0.1, -0.05) is 0 Å². The lowest BCUT2D eigenvalue weighted by Gasteiger charge is -1.92. The van der Waals surface area contributed by atoms with Crippen LogP contribution in [0.2, 0.25) is 0 Å². The summed E-state index contributed by atoms with van der Waals surface area (Å²) in [4.78, 5) is 10.8. The summed E-state index contributed by atoms with van der Waals surface area (Å²) >= 11 is 0. The van der Waals surface area contributed by atoms with Crippen LogP contribution in [0.15, 0.2) is 4.42 Å². The van der Waals surface area contributed by atoms with Crippen molar-refractivity contribution in [1.82, 2.24) is 0 Å². The molecule has 64 valence electrons. The first kappa shape index (κ1) is 7.40. The maximum atomic E-state index is 10.8. The third kappa shape index (κ3) is 0.858. The molecule has 0 aliphatic heterocycles. The molecule has 0 bridgehead atoms. The van der Waals surface area contributed by atoms with Crippen molar-refractivity contribution in [2.45, 2.75) is 26.2 Å². The van der Waals surface area contributed by atoms with Gasteiger partial charge in [0, 0.05) is 12.0 Å². The predicted octanol–water partition coefficient (Wildman–Crippen LogP) is 1.77. The molecule has 1 aromatic heterocycles. The van der Waals surface area contributed by atoms with Gasteiger partial charge in [-0.2, -0.15) is 0 Å². The quantitative estimate of drug-likeness (QED) is 0.691. The maximum absolute atomic E-state index is 10.8. The first-order valence-corrected chi connectivity index (χ1v) is 4.04. The average Bonchev–Trinajstić information content (AvgIpc) is 2.44. The van der Waals surface area contributed by atoms with Crippen molar-refractivity contribution in [2.75, 3.05) is 0 Å².